The van der Waals surface area contributed by atoms with E-state index in [1.54, 1.807) is 0 Å². The Bertz CT molecular complexity index is 720. The van der Waals surface area contributed by atoms with Crippen molar-refractivity contribution in [3.05, 3.63) is 70.8 Å². The zero-order chi connectivity index (χ0) is 22.4. The van der Waals surface area contributed by atoms with Crippen LogP contribution in [-0.2, 0) is 4.89 Å². The van der Waals surface area contributed by atoms with Crippen LogP contribution in [0.2, 0.25) is 0 Å². The predicted octanol–water partition coefficient (Wildman–Crippen LogP) is -6.89. The maximum Gasteiger partial charge on any atom is 1.00 e. The second-order valence-corrected chi connectivity index (χ2v) is 4.84. The molecule has 0 bridgehead atoms. The molecule has 0 heterocycles. The van der Waals surface area contributed by atoms with Gasteiger partial charge in [-0.05, 0) is 18.2 Å². The predicted molar refractivity (Wildman–Crippen MR) is 91.1 cm³/mol. The van der Waals surface area contributed by atoms with Crippen LogP contribution in [0.3, 0.4) is 0 Å². The van der Waals surface area contributed by atoms with Crippen LogP contribution in [0.25, 0.3) is 0 Å². The van der Waals surface area contributed by atoms with Crippen molar-refractivity contribution in [1.82, 2.24) is 0 Å². The molecule has 156 valence electrons. The van der Waals surface area contributed by atoms with Gasteiger partial charge in [-0.2, -0.15) is 0 Å². The van der Waals surface area contributed by atoms with Crippen molar-refractivity contribution in [2.24, 2.45) is 0 Å². The van der Waals surface area contributed by atoms with Gasteiger partial charge >= 0.3 is 77.0 Å². The normalized spacial score (nSPS) is 8.58. The number of benzene rings is 2. The Hall–Kier alpha value is -1.80. The zero-order valence-electron chi connectivity index (χ0n) is 16.7. The van der Waals surface area contributed by atoms with Crippen LogP contribution >= 0.6 is 0 Å². The third kappa shape index (κ3) is 13.3. The van der Waals surface area contributed by atoms with Crippen molar-refractivity contribution in [2.75, 3.05) is 13.2 Å². The molecule has 0 saturated carbocycles. The van der Waals surface area contributed by atoms with E-state index in [4.69, 9.17) is 25.7 Å². The number of hydrogen-bond acceptors (Lipinski definition) is 8. The van der Waals surface area contributed by atoms with E-state index in [0.29, 0.717) is 0 Å². The number of aromatic carboxylic acids is 4. The summed E-state index contributed by atoms with van der Waals surface area (Å²) in [6.07, 6.45) is 0. The molecule has 2 rings (SSSR count). The topological polar surface area (TPSA) is 205 Å². The summed E-state index contributed by atoms with van der Waals surface area (Å²) in [4.78, 5) is 44.9. The van der Waals surface area contributed by atoms with E-state index >= 15 is 0 Å². The first kappa shape index (κ1) is 33.8. The largest absolute Gasteiger partial charge is 1.00 e. The quantitative estimate of drug-likeness (QED) is 0.183. The molecule has 13 heteroatoms. The molecule has 2 aromatic carbocycles. The fourth-order valence-corrected chi connectivity index (χ4v) is 1.74. The fourth-order valence-electron chi connectivity index (χ4n) is 1.74. The summed E-state index contributed by atoms with van der Waals surface area (Å²) < 4.78 is 0. The smallest absolute Gasteiger partial charge is 0.723 e. The van der Waals surface area contributed by atoms with Gasteiger partial charge in [-0.15, -0.1) is 0 Å². The molecule has 0 radical (unpaired) electrons. The van der Waals surface area contributed by atoms with E-state index in [0.717, 1.165) is 0 Å². The minimum atomic E-state index is -1.48. The zero-order valence-corrected chi connectivity index (χ0v) is 20.7. The summed E-state index contributed by atoms with van der Waals surface area (Å²) in [5.74, 6) is -5.20. The van der Waals surface area contributed by atoms with Gasteiger partial charge in [-0.3, -0.25) is 0 Å². The number of carbonyl (C=O) groups is 4. The maximum atomic E-state index is 10.5. The van der Waals surface area contributed by atoms with Gasteiger partial charge in [-0.25, -0.2) is 14.4 Å². The van der Waals surface area contributed by atoms with Crippen LogP contribution in [-0.4, -0.2) is 57.5 Å². The van der Waals surface area contributed by atoms with Gasteiger partial charge in [0.15, 0.2) is 0 Å². The minimum Gasteiger partial charge on any atom is -0.723 e. The molecule has 0 spiro atoms. The molecule has 0 amide bonds. The first-order valence-electron chi connectivity index (χ1n) is 7.62. The Labute approximate surface area is 220 Å². The fraction of sp³-hybridized carbons (Fsp3) is 0.111. The van der Waals surface area contributed by atoms with Crippen molar-refractivity contribution in [3.63, 3.8) is 0 Å². The van der Waals surface area contributed by atoms with Gasteiger partial charge in [0.05, 0.1) is 35.9 Å². The number of hydrogen-bond donors (Lipinski definition) is 4. The van der Waals surface area contributed by atoms with E-state index < -0.39 is 23.9 Å². The monoisotopic (exact) mass is 454 g/mol. The van der Waals surface area contributed by atoms with Gasteiger partial charge in [-0.1, -0.05) is 30.3 Å². The van der Waals surface area contributed by atoms with Gasteiger partial charge < -0.3 is 40.5 Å². The van der Waals surface area contributed by atoms with Crippen molar-refractivity contribution in [2.45, 2.75) is 0 Å². The molecule has 11 nitrogen and oxygen atoms in total. The van der Waals surface area contributed by atoms with E-state index in [2.05, 4.69) is 4.89 Å². The molecule has 31 heavy (non-hydrogen) atoms. The molecule has 0 aliphatic rings. The number of carboxylic acid groups (broad SMARTS) is 4. The molecule has 0 aliphatic carbocycles. The van der Waals surface area contributed by atoms with Crippen LogP contribution in [0.4, 0.5) is 0 Å². The average Bonchev–Trinajstić information content (AvgIpc) is 2.69. The van der Waals surface area contributed by atoms with Crippen molar-refractivity contribution >= 4 is 23.9 Å². The molecule has 0 aliphatic heterocycles. The summed E-state index contributed by atoms with van der Waals surface area (Å²) >= 11 is 0. The van der Waals surface area contributed by atoms with Crippen molar-refractivity contribution < 1.29 is 114 Å². The van der Waals surface area contributed by atoms with Gasteiger partial charge in [0.25, 0.3) is 0 Å². The van der Waals surface area contributed by atoms with Crippen LogP contribution in [0, 0.1) is 0 Å². The minimum absolute atomic E-state index is 0. The standard InChI is InChI=1S/2C8H6O4.C2H6O3.2Na/c2*9-7(10)5-3-1-2-4-6(5)8(11)12;3-1-2-5-4;;/h2*1-4H,(H,9,10)(H,11,12);3-4H,1-2H2;;/q;;;2*+1/p-2. The van der Waals surface area contributed by atoms with E-state index in [9.17, 15) is 24.3 Å². The van der Waals surface area contributed by atoms with Crippen LogP contribution in [0.5, 0.6) is 0 Å². The summed E-state index contributed by atoms with van der Waals surface area (Å²) in [6.45, 7) is -0.302. The molecule has 0 fully saturated rings. The number of aliphatic hydroxyl groups excluding tert-OH is 1. The molecular weight excluding hydrogens is 438 g/mol. The Morgan fingerprint density at radius 3 is 1.16 bits per heavy atom. The van der Waals surface area contributed by atoms with Crippen molar-refractivity contribution in [3.8, 4) is 0 Å². The van der Waals surface area contributed by atoms with Gasteiger partial charge in [0.1, 0.15) is 0 Å². The molecule has 0 aromatic heterocycles. The second kappa shape index (κ2) is 18.9. The summed E-state index contributed by atoms with van der Waals surface area (Å²) in [5.41, 5.74) is -0.933. The third-order valence-corrected chi connectivity index (χ3v) is 2.94. The van der Waals surface area contributed by atoms with Crippen LogP contribution < -0.4 is 69.5 Å². The third-order valence-electron chi connectivity index (χ3n) is 2.94. The molecule has 0 unspecified atom stereocenters. The number of carboxylic acids is 4. The first-order valence-corrected chi connectivity index (χ1v) is 7.62. The Morgan fingerprint density at radius 2 is 1.00 bits per heavy atom. The number of carbonyl (C=O) groups excluding carboxylic acids is 1. The van der Waals surface area contributed by atoms with Crippen LogP contribution in [0.15, 0.2) is 48.5 Å². The van der Waals surface area contributed by atoms with E-state index in [1.165, 1.54) is 48.5 Å². The molecule has 4 N–H and O–H groups in total. The first-order chi connectivity index (χ1) is 13.7. The Kier molecular flexibility index (Phi) is 20.7. The maximum absolute atomic E-state index is 10.5. The summed E-state index contributed by atoms with van der Waals surface area (Å²) in [6, 6.07) is 10.8. The number of aliphatic hydroxyl groups is 1. The summed E-state index contributed by atoms with van der Waals surface area (Å²) in [5, 5.41) is 52.6. The average molecular weight is 454 g/mol. The molecule has 0 saturated heterocycles. The van der Waals surface area contributed by atoms with E-state index in [-0.39, 0.29) is 94.6 Å². The molecule has 0 atom stereocenters. The van der Waals surface area contributed by atoms with Gasteiger partial charge in [0, 0.05) is 5.56 Å². The summed E-state index contributed by atoms with van der Waals surface area (Å²) in [7, 11) is 0. The number of rotatable bonds is 6. The SMILES string of the molecule is O=C(O)c1ccccc1C(=O)O.O=C([O-])c1ccccc1C(=O)O.[Na+].[Na+].[O-]OCCO. The Balaban J connectivity index is -0.000000397. The Morgan fingerprint density at radius 1 is 0.710 bits per heavy atom. The van der Waals surface area contributed by atoms with E-state index in [1.807, 2.05) is 0 Å². The van der Waals surface area contributed by atoms with Crippen molar-refractivity contribution in [1.29, 1.82) is 0 Å². The second-order valence-electron chi connectivity index (χ2n) is 4.84. The van der Waals surface area contributed by atoms with Crippen LogP contribution in [0.1, 0.15) is 41.4 Å². The molecule has 2 aromatic rings. The van der Waals surface area contributed by atoms with Gasteiger partial charge in [0.2, 0.25) is 0 Å². The molecular formula is C18H16Na2O11.